The van der Waals surface area contributed by atoms with E-state index in [1.165, 1.54) is 54.9 Å². The van der Waals surface area contributed by atoms with Crippen molar-refractivity contribution in [3.63, 3.8) is 0 Å². The Morgan fingerprint density at radius 2 is 1.36 bits per heavy atom. The van der Waals surface area contributed by atoms with Gasteiger partial charge in [0.25, 0.3) is 0 Å². The Bertz CT molecular complexity index is 1690. The Kier molecular flexibility index (Phi) is 9.07. The SMILES string of the molecule is CC(C)=N/C(=c1/[nH]c(-c2ccc(-c3cc4nc(C)nc(N5CCCCC5)c4[nH]3)cc2)cc1=C(C)C)N1CCCCC1.Cl. The molecule has 6 rings (SSSR count). The minimum absolute atomic E-state index is 0. The fraction of sp³-hybridized carbons (Fsp3) is 0.441. The van der Waals surface area contributed by atoms with Gasteiger partial charge >= 0.3 is 0 Å². The first-order valence-electron chi connectivity index (χ1n) is 15.3. The number of hydrogen-bond acceptors (Lipinski definition) is 5. The molecule has 0 unspecified atom stereocenters. The molecular weight excluding hydrogens is 542 g/mol. The number of benzene rings is 1. The van der Waals surface area contributed by atoms with E-state index in [1.807, 2.05) is 6.92 Å². The van der Waals surface area contributed by atoms with Crippen LogP contribution in [0, 0.1) is 6.92 Å². The molecule has 0 amide bonds. The van der Waals surface area contributed by atoms with E-state index in [-0.39, 0.29) is 12.4 Å². The summed E-state index contributed by atoms with van der Waals surface area (Å²) in [6.45, 7) is 14.8. The topological polar surface area (TPSA) is 76.2 Å². The molecule has 0 atom stereocenters. The van der Waals surface area contributed by atoms with Crippen LogP contribution in [0.2, 0.25) is 0 Å². The van der Waals surface area contributed by atoms with Gasteiger partial charge in [0.15, 0.2) is 11.6 Å². The van der Waals surface area contributed by atoms with E-state index in [1.54, 1.807) is 0 Å². The molecule has 4 aromatic rings. The number of aromatic nitrogens is 4. The third kappa shape index (κ3) is 6.12. The molecule has 222 valence electrons. The van der Waals surface area contributed by atoms with Crippen LogP contribution in [0.1, 0.15) is 72.0 Å². The Morgan fingerprint density at radius 3 is 1.95 bits per heavy atom. The number of piperidine rings is 2. The zero-order valence-electron chi connectivity index (χ0n) is 25.7. The fourth-order valence-electron chi connectivity index (χ4n) is 6.21. The molecule has 1 aromatic carbocycles. The van der Waals surface area contributed by atoms with Crippen molar-refractivity contribution in [2.24, 2.45) is 4.99 Å². The van der Waals surface area contributed by atoms with Crippen LogP contribution in [0.4, 0.5) is 5.82 Å². The number of hydrogen-bond donors (Lipinski definition) is 2. The lowest BCUT2D eigenvalue weighted by molar-refractivity contribution is 0.319. The number of fused-ring (bicyclic) bond motifs is 1. The molecule has 0 radical (unpaired) electrons. The van der Waals surface area contributed by atoms with Gasteiger partial charge in [-0.25, -0.2) is 15.0 Å². The lowest BCUT2D eigenvalue weighted by atomic mass is 10.1. The quantitative estimate of drug-likeness (QED) is 0.260. The molecule has 2 aliphatic rings. The van der Waals surface area contributed by atoms with Crippen LogP contribution >= 0.6 is 12.4 Å². The number of aromatic amines is 2. The van der Waals surface area contributed by atoms with E-state index >= 15 is 0 Å². The highest BCUT2D eigenvalue weighted by molar-refractivity contribution is 5.91. The van der Waals surface area contributed by atoms with Crippen LogP contribution in [0.3, 0.4) is 0 Å². The molecule has 2 aliphatic heterocycles. The van der Waals surface area contributed by atoms with Crippen LogP contribution in [0.15, 0.2) is 41.4 Å². The number of rotatable bonds is 5. The molecule has 2 N–H and O–H groups in total. The van der Waals surface area contributed by atoms with Crippen LogP contribution in [0.5, 0.6) is 0 Å². The number of nitrogens with one attached hydrogen (secondary N) is 2. The highest BCUT2D eigenvalue weighted by Gasteiger charge is 2.19. The fourth-order valence-corrected chi connectivity index (χ4v) is 6.21. The largest absolute Gasteiger partial charge is 0.355 e. The summed E-state index contributed by atoms with van der Waals surface area (Å²) in [6.07, 6.45) is 7.49. The molecular formula is C34H44ClN7. The zero-order chi connectivity index (χ0) is 28.5. The van der Waals surface area contributed by atoms with Gasteiger partial charge in [-0.3, -0.25) is 0 Å². The van der Waals surface area contributed by atoms with E-state index in [2.05, 4.69) is 83.9 Å². The third-order valence-electron chi connectivity index (χ3n) is 8.30. The summed E-state index contributed by atoms with van der Waals surface area (Å²) in [7, 11) is 0. The van der Waals surface area contributed by atoms with Crippen LogP contribution in [-0.4, -0.2) is 56.7 Å². The monoisotopic (exact) mass is 585 g/mol. The second-order valence-corrected chi connectivity index (χ2v) is 12.1. The predicted octanol–water partition coefficient (Wildman–Crippen LogP) is 6.56. The highest BCUT2D eigenvalue weighted by Crippen LogP contribution is 2.31. The van der Waals surface area contributed by atoms with E-state index in [0.29, 0.717) is 0 Å². The lowest BCUT2D eigenvalue weighted by Gasteiger charge is -2.28. The molecule has 3 aromatic heterocycles. The molecule has 2 saturated heterocycles. The minimum Gasteiger partial charge on any atom is -0.355 e. The number of aryl methyl sites for hydroxylation is 1. The second-order valence-electron chi connectivity index (χ2n) is 12.1. The molecule has 2 fully saturated rings. The number of H-pyrrole nitrogens is 2. The van der Waals surface area contributed by atoms with Crippen molar-refractivity contribution in [2.75, 3.05) is 31.1 Å². The Morgan fingerprint density at radius 1 is 0.762 bits per heavy atom. The summed E-state index contributed by atoms with van der Waals surface area (Å²) in [5.74, 6) is 2.94. The van der Waals surface area contributed by atoms with Crippen molar-refractivity contribution < 1.29 is 0 Å². The van der Waals surface area contributed by atoms with Crippen LogP contribution in [-0.2, 0) is 0 Å². The summed E-state index contributed by atoms with van der Waals surface area (Å²) in [6, 6.07) is 13.3. The van der Waals surface area contributed by atoms with E-state index < -0.39 is 0 Å². The smallest absolute Gasteiger partial charge is 0.156 e. The zero-order valence-corrected chi connectivity index (χ0v) is 26.5. The Balaban J connectivity index is 0.00000353. The predicted molar refractivity (Wildman–Crippen MR) is 179 cm³/mol. The average Bonchev–Trinajstić information content (AvgIpc) is 3.62. The van der Waals surface area contributed by atoms with E-state index in [9.17, 15) is 0 Å². The summed E-state index contributed by atoms with van der Waals surface area (Å²) < 4.78 is 0. The average molecular weight is 586 g/mol. The molecule has 0 bridgehead atoms. The number of likely N-dealkylation sites (tertiary alicyclic amines) is 1. The van der Waals surface area contributed by atoms with Gasteiger partial charge in [-0.2, -0.15) is 0 Å². The van der Waals surface area contributed by atoms with Crippen LogP contribution in [0.25, 0.3) is 44.9 Å². The molecule has 42 heavy (non-hydrogen) atoms. The molecule has 0 saturated carbocycles. The standard InChI is InChI=1S/C34H43N7.ClH/c1-22(2)27-20-28(38-31(27)33(35-23(3)4)40-16-8-6-9-17-40)25-12-14-26(15-13-25)29-21-30-32(39-29)34(37-24(5)36-30)41-18-10-7-11-19-41;/h12-15,20-21,38-39H,6-11,16-19H2,1-5H3;1H/b33-31-;. The number of anilines is 1. The maximum atomic E-state index is 5.04. The second kappa shape index (κ2) is 12.7. The van der Waals surface area contributed by atoms with Gasteiger partial charge in [0.2, 0.25) is 0 Å². The van der Waals surface area contributed by atoms with Crippen molar-refractivity contribution >= 4 is 46.4 Å². The molecule has 0 spiro atoms. The van der Waals surface area contributed by atoms with E-state index in [4.69, 9.17) is 15.0 Å². The summed E-state index contributed by atoms with van der Waals surface area (Å²) in [5, 5.41) is 2.37. The van der Waals surface area contributed by atoms with Gasteiger partial charge < -0.3 is 19.8 Å². The Labute approximate surface area is 255 Å². The molecule has 8 heteroatoms. The van der Waals surface area contributed by atoms with Gasteiger partial charge in [0.1, 0.15) is 11.3 Å². The Hall–Kier alpha value is -3.58. The number of aliphatic imine (C=N–C) groups is 1. The highest BCUT2D eigenvalue weighted by atomic mass is 35.5. The van der Waals surface area contributed by atoms with Crippen LogP contribution < -0.4 is 15.5 Å². The first-order valence-corrected chi connectivity index (χ1v) is 15.3. The van der Waals surface area contributed by atoms with Crippen molar-refractivity contribution in [1.29, 1.82) is 0 Å². The summed E-state index contributed by atoms with van der Waals surface area (Å²) in [4.78, 5) is 26.9. The normalized spacial score (nSPS) is 16.3. The van der Waals surface area contributed by atoms with E-state index in [0.717, 1.165) is 82.7 Å². The van der Waals surface area contributed by atoms with Gasteiger partial charge in [-0.15, -0.1) is 12.4 Å². The van der Waals surface area contributed by atoms with Crippen molar-refractivity contribution in [3.8, 4) is 22.5 Å². The lowest BCUT2D eigenvalue weighted by Crippen LogP contribution is -2.37. The maximum Gasteiger partial charge on any atom is 0.156 e. The molecule has 7 nitrogen and oxygen atoms in total. The van der Waals surface area contributed by atoms with Gasteiger partial charge in [0, 0.05) is 48.5 Å². The van der Waals surface area contributed by atoms with Crippen molar-refractivity contribution in [2.45, 2.75) is 73.1 Å². The number of halogens is 1. The van der Waals surface area contributed by atoms with Gasteiger partial charge in [-0.05, 0) is 96.4 Å². The molecule has 0 aliphatic carbocycles. The van der Waals surface area contributed by atoms with Crippen molar-refractivity contribution in [1.82, 2.24) is 24.8 Å². The van der Waals surface area contributed by atoms with Gasteiger partial charge in [-0.1, -0.05) is 29.8 Å². The minimum atomic E-state index is 0. The maximum absolute atomic E-state index is 5.04. The summed E-state index contributed by atoms with van der Waals surface area (Å²) in [5.41, 5.74) is 8.89. The number of nitrogens with zero attached hydrogens (tertiary/aromatic N) is 5. The van der Waals surface area contributed by atoms with Crippen molar-refractivity contribution in [3.05, 3.63) is 52.8 Å². The van der Waals surface area contributed by atoms with Gasteiger partial charge in [0.05, 0.1) is 10.9 Å². The first-order chi connectivity index (χ1) is 19.9. The molecule has 5 heterocycles. The third-order valence-corrected chi connectivity index (χ3v) is 8.30. The first kappa shape index (κ1) is 29.9. The summed E-state index contributed by atoms with van der Waals surface area (Å²) >= 11 is 0.